The van der Waals surface area contributed by atoms with E-state index in [-0.39, 0.29) is 5.02 Å². The maximum atomic E-state index is 13.5. The summed E-state index contributed by atoms with van der Waals surface area (Å²) in [6.07, 6.45) is 5.66. The molecule has 5 rings (SSSR count). The minimum absolute atomic E-state index is 0.0508. The quantitative estimate of drug-likeness (QED) is 0.421. The largest absolute Gasteiger partial charge is 0.340 e. The number of aromatic nitrogens is 5. The van der Waals surface area contributed by atoms with E-state index in [1.165, 1.54) is 18.5 Å². The Balaban J connectivity index is 1.41. The maximum absolute atomic E-state index is 13.5. The van der Waals surface area contributed by atoms with Crippen molar-refractivity contribution in [2.45, 2.75) is 38.8 Å². The van der Waals surface area contributed by atoms with Crippen molar-refractivity contribution in [2.75, 3.05) is 18.4 Å². The molecule has 1 N–H and O–H groups in total. The summed E-state index contributed by atoms with van der Waals surface area (Å²) in [5, 5.41) is 13.0. The molecule has 7 nitrogen and oxygen atoms in total. The van der Waals surface area contributed by atoms with Crippen LogP contribution in [0.25, 0.3) is 22.2 Å². The summed E-state index contributed by atoms with van der Waals surface area (Å²) in [5.41, 5.74) is 3.18. The highest BCUT2D eigenvalue weighted by Gasteiger charge is 2.23. The topological polar surface area (TPSA) is 71.8 Å². The molecular formula is C24H25ClFN7. The molecule has 0 radical (unpaired) electrons. The third kappa shape index (κ3) is 4.54. The Morgan fingerprint density at radius 3 is 2.67 bits per heavy atom. The first-order valence-electron chi connectivity index (χ1n) is 11.1. The van der Waals surface area contributed by atoms with E-state index >= 15 is 0 Å². The molecule has 3 heterocycles. The lowest BCUT2D eigenvalue weighted by atomic mass is 10.0. The van der Waals surface area contributed by atoms with Gasteiger partial charge >= 0.3 is 0 Å². The van der Waals surface area contributed by atoms with Crippen molar-refractivity contribution < 1.29 is 4.39 Å². The van der Waals surface area contributed by atoms with Crippen molar-refractivity contribution in [3.63, 3.8) is 0 Å². The molecule has 1 aliphatic heterocycles. The number of halogens is 2. The van der Waals surface area contributed by atoms with Crippen molar-refractivity contribution in [3.8, 4) is 11.3 Å². The highest BCUT2D eigenvalue weighted by molar-refractivity contribution is 6.31. The molecule has 0 atom stereocenters. The van der Waals surface area contributed by atoms with Crippen LogP contribution in [0.3, 0.4) is 0 Å². The lowest BCUT2D eigenvalue weighted by Gasteiger charge is -2.34. The van der Waals surface area contributed by atoms with Gasteiger partial charge in [0.15, 0.2) is 0 Å². The van der Waals surface area contributed by atoms with Crippen LogP contribution in [0.2, 0.25) is 5.02 Å². The predicted molar refractivity (Wildman–Crippen MR) is 128 cm³/mol. The molecule has 0 amide bonds. The van der Waals surface area contributed by atoms with Gasteiger partial charge < -0.3 is 10.2 Å². The van der Waals surface area contributed by atoms with E-state index in [1.54, 1.807) is 6.07 Å². The van der Waals surface area contributed by atoms with Gasteiger partial charge in [0.25, 0.3) is 0 Å². The summed E-state index contributed by atoms with van der Waals surface area (Å²) in [4.78, 5) is 11.3. The number of anilines is 2. The van der Waals surface area contributed by atoms with Gasteiger partial charge in [0.2, 0.25) is 0 Å². The summed E-state index contributed by atoms with van der Waals surface area (Å²) in [6.45, 7) is 6.64. The highest BCUT2D eigenvalue weighted by Crippen LogP contribution is 2.30. The number of nitrogens with one attached hydrogen (secondary N) is 1. The molecule has 0 unspecified atom stereocenters. The minimum atomic E-state index is -0.463. The second-order valence-corrected chi connectivity index (χ2v) is 9.06. The molecule has 1 fully saturated rings. The first kappa shape index (κ1) is 21.7. The monoisotopic (exact) mass is 465 g/mol. The molecule has 170 valence electrons. The maximum Gasteiger partial charge on any atom is 0.141 e. The zero-order valence-electron chi connectivity index (χ0n) is 18.5. The Morgan fingerprint density at radius 1 is 1.09 bits per heavy atom. The SMILES string of the molecule is CC(C)N1CCC(n2cc(-c3ccc4ncnc(Nc5ccc(F)c(Cl)c5)c4c3)nn2)CC1. The van der Waals surface area contributed by atoms with Crippen molar-refractivity contribution >= 4 is 34.0 Å². The Kier molecular flexibility index (Phi) is 5.95. The van der Waals surface area contributed by atoms with E-state index in [2.05, 4.69) is 44.3 Å². The van der Waals surface area contributed by atoms with Crippen LogP contribution < -0.4 is 5.32 Å². The van der Waals surface area contributed by atoms with E-state index in [4.69, 9.17) is 11.6 Å². The van der Waals surface area contributed by atoms with E-state index in [0.29, 0.717) is 23.6 Å². The molecule has 9 heteroatoms. The fourth-order valence-corrected chi connectivity index (χ4v) is 4.46. The Morgan fingerprint density at radius 2 is 1.91 bits per heavy atom. The number of rotatable bonds is 5. The first-order valence-corrected chi connectivity index (χ1v) is 11.5. The molecule has 1 aliphatic rings. The number of likely N-dealkylation sites (tertiary alicyclic amines) is 1. The van der Waals surface area contributed by atoms with Crippen LogP contribution in [0, 0.1) is 5.82 Å². The summed E-state index contributed by atoms with van der Waals surface area (Å²) >= 11 is 5.93. The summed E-state index contributed by atoms with van der Waals surface area (Å²) in [7, 11) is 0. The van der Waals surface area contributed by atoms with Crippen molar-refractivity contribution in [3.05, 3.63) is 59.8 Å². The molecule has 0 aliphatic carbocycles. The third-order valence-electron chi connectivity index (χ3n) is 6.23. The zero-order chi connectivity index (χ0) is 22.9. The number of piperidine rings is 1. The van der Waals surface area contributed by atoms with Crippen LogP contribution in [-0.4, -0.2) is 49.0 Å². The van der Waals surface area contributed by atoms with Crippen LogP contribution in [0.1, 0.15) is 32.7 Å². The number of fused-ring (bicyclic) bond motifs is 1. The second-order valence-electron chi connectivity index (χ2n) is 8.65. The molecule has 2 aromatic carbocycles. The van der Waals surface area contributed by atoms with Gasteiger partial charge in [0.05, 0.1) is 22.8 Å². The average molecular weight is 466 g/mol. The van der Waals surface area contributed by atoms with Crippen LogP contribution in [0.5, 0.6) is 0 Å². The van der Waals surface area contributed by atoms with Gasteiger partial charge in [-0.05, 0) is 57.0 Å². The molecule has 4 aromatic rings. The summed E-state index contributed by atoms with van der Waals surface area (Å²) in [5.74, 6) is 0.146. The lowest BCUT2D eigenvalue weighted by molar-refractivity contribution is 0.146. The van der Waals surface area contributed by atoms with E-state index in [9.17, 15) is 4.39 Å². The molecule has 0 spiro atoms. The van der Waals surface area contributed by atoms with Crippen LogP contribution in [0.15, 0.2) is 48.9 Å². The minimum Gasteiger partial charge on any atom is -0.340 e. The van der Waals surface area contributed by atoms with Crippen molar-refractivity contribution in [1.82, 2.24) is 29.9 Å². The van der Waals surface area contributed by atoms with Gasteiger partial charge in [-0.3, -0.25) is 0 Å². The molecule has 0 bridgehead atoms. The fraction of sp³-hybridized carbons (Fsp3) is 0.333. The van der Waals surface area contributed by atoms with Gasteiger partial charge in [0, 0.05) is 35.8 Å². The van der Waals surface area contributed by atoms with Crippen LogP contribution in [0.4, 0.5) is 15.9 Å². The Bertz CT molecular complexity index is 1280. The van der Waals surface area contributed by atoms with E-state index < -0.39 is 5.82 Å². The van der Waals surface area contributed by atoms with Gasteiger partial charge in [-0.15, -0.1) is 5.10 Å². The highest BCUT2D eigenvalue weighted by atomic mass is 35.5. The Hall–Kier alpha value is -3.10. The first-order chi connectivity index (χ1) is 16.0. The van der Waals surface area contributed by atoms with Gasteiger partial charge in [-0.1, -0.05) is 22.9 Å². The van der Waals surface area contributed by atoms with Crippen LogP contribution >= 0.6 is 11.6 Å². The predicted octanol–water partition coefficient (Wildman–Crippen LogP) is 5.47. The zero-order valence-corrected chi connectivity index (χ0v) is 19.3. The number of benzene rings is 2. The van der Waals surface area contributed by atoms with E-state index in [0.717, 1.165) is 48.1 Å². The number of hydrogen-bond donors (Lipinski definition) is 1. The average Bonchev–Trinajstić information content (AvgIpc) is 3.32. The third-order valence-corrected chi connectivity index (χ3v) is 6.52. The number of nitrogens with zero attached hydrogens (tertiary/aromatic N) is 6. The van der Waals surface area contributed by atoms with Gasteiger partial charge in [-0.25, -0.2) is 19.0 Å². The molecule has 33 heavy (non-hydrogen) atoms. The summed E-state index contributed by atoms with van der Waals surface area (Å²) < 4.78 is 15.5. The molecule has 2 aromatic heterocycles. The standard InChI is InChI=1S/C24H25ClFN7/c1-15(2)32-9-7-18(8-10-32)33-13-23(30-31-33)16-3-6-22-19(11-16)24(28-14-27-22)29-17-4-5-21(26)20(25)12-17/h3-6,11-15,18H,7-10H2,1-2H3,(H,27,28,29). The fourth-order valence-electron chi connectivity index (χ4n) is 4.28. The normalized spacial score (nSPS) is 15.4. The summed E-state index contributed by atoms with van der Waals surface area (Å²) in [6, 6.07) is 11.3. The van der Waals surface area contributed by atoms with Gasteiger partial charge in [-0.2, -0.15) is 0 Å². The molecule has 0 saturated carbocycles. The Labute approximate surface area is 196 Å². The van der Waals surface area contributed by atoms with Crippen LogP contribution in [-0.2, 0) is 0 Å². The molecule has 1 saturated heterocycles. The van der Waals surface area contributed by atoms with Crippen molar-refractivity contribution in [1.29, 1.82) is 0 Å². The smallest absolute Gasteiger partial charge is 0.141 e. The second kappa shape index (κ2) is 9.03. The number of hydrogen-bond acceptors (Lipinski definition) is 6. The molecular weight excluding hydrogens is 441 g/mol. The van der Waals surface area contributed by atoms with Crippen molar-refractivity contribution in [2.24, 2.45) is 0 Å². The van der Waals surface area contributed by atoms with Gasteiger partial charge in [0.1, 0.15) is 23.7 Å². The van der Waals surface area contributed by atoms with E-state index in [1.807, 2.05) is 29.1 Å². The lowest BCUT2D eigenvalue weighted by Crippen LogP contribution is -2.39.